The monoisotopic (exact) mass is 234 g/mol. The zero-order valence-electron chi connectivity index (χ0n) is 9.95. The lowest BCUT2D eigenvalue weighted by Gasteiger charge is -2.24. The molecule has 1 heterocycles. The maximum atomic E-state index is 13.6. The molecule has 0 bridgehead atoms. The first-order valence-electron chi connectivity index (χ1n) is 6.56. The van der Waals surface area contributed by atoms with Gasteiger partial charge in [-0.25, -0.2) is 4.39 Å². The Hall–Kier alpha value is -0.930. The van der Waals surface area contributed by atoms with Crippen LogP contribution in [-0.2, 0) is 0 Å². The molecule has 1 aliphatic heterocycles. The molecule has 0 amide bonds. The van der Waals surface area contributed by atoms with Crippen molar-refractivity contribution in [3.8, 4) is 0 Å². The Morgan fingerprint density at radius 3 is 2.71 bits per heavy atom. The first-order valence-corrected chi connectivity index (χ1v) is 6.56. The predicted molar refractivity (Wildman–Crippen MR) is 66.6 cm³/mol. The van der Waals surface area contributed by atoms with Crippen LogP contribution in [0.4, 0.5) is 4.39 Å². The summed E-state index contributed by atoms with van der Waals surface area (Å²) in [6.45, 7) is 2.21. The minimum absolute atomic E-state index is 0.0490. The Balaban J connectivity index is 1.57. The van der Waals surface area contributed by atoms with Crippen molar-refractivity contribution in [2.24, 2.45) is 0 Å². The highest BCUT2D eigenvalue weighted by Gasteiger charge is 2.40. The molecule has 0 radical (unpaired) electrons. The molecule has 3 heteroatoms. The minimum Gasteiger partial charge on any atom is -0.317 e. The van der Waals surface area contributed by atoms with Gasteiger partial charge in [-0.2, -0.15) is 0 Å². The molecule has 17 heavy (non-hydrogen) atoms. The lowest BCUT2D eigenvalue weighted by atomic mass is 10.1. The summed E-state index contributed by atoms with van der Waals surface area (Å²) in [6.07, 6.45) is 3.48. The molecule has 2 N–H and O–H groups in total. The highest BCUT2D eigenvalue weighted by atomic mass is 19.1. The molecule has 0 unspecified atom stereocenters. The molecule has 1 saturated heterocycles. The number of piperidine rings is 1. The summed E-state index contributed by atoms with van der Waals surface area (Å²) < 4.78 is 13.6. The Bertz CT molecular complexity index is 388. The zero-order chi connectivity index (χ0) is 11.7. The second-order valence-electron chi connectivity index (χ2n) is 5.16. The van der Waals surface area contributed by atoms with E-state index in [9.17, 15) is 4.39 Å². The molecule has 2 aliphatic rings. The maximum Gasteiger partial charge on any atom is 0.126 e. The second kappa shape index (κ2) is 4.75. The van der Waals surface area contributed by atoms with Crippen LogP contribution >= 0.6 is 0 Å². The predicted octanol–water partition coefficient (Wildman–Crippen LogP) is 2.02. The van der Waals surface area contributed by atoms with E-state index in [1.807, 2.05) is 12.1 Å². The van der Waals surface area contributed by atoms with Crippen LogP contribution in [0.2, 0.25) is 0 Å². The van der Waals surface area contributed by atoms with Gasteiger partial charge in [0.2, 0.25) is 0 Å². The van der Waals surface area contributed by atoms with E-state index < -0.39 is 0 Å². The van der Waals surface area contributed by atoms with Crippen LogP contribution in [0.1, 0.15) is 30.7 Å². The third-order valence-electron chi connectivity index (χ3n) is 3.88. The number of nitrogens with one attached hydrogen (secondary N) is 2. The molecular weight excluding hydrogens is 215 g/mol. The van der Waals surface area contributed by atoms with Gasteiger partial charge in [0.1, 0.15) is 5.82 Å². The Morgan fingerprint density at radius 1 is 1.18 bits per heavy atom. The van der Waals surface area contributed by atoms with Crippen molar-refractivity contribution in [2.75, 3.05) is 13.1 Å². The first-order chi connectivity index (χ1) is 8.34. The van der Waals surface area contributed by atoms with E-state index in [0.29, 0.717) is 18.0 Å². The van der Waals surface area contributed by atoms with Crippen LogP contribution in [0, 0.1) is 5.82 Å². The summed E-state index contributed by atoms with van der Waals surface area (Å²) >= 11 is 0. The molecule has 2 atom stereocenters. The van der Waals surface area contributed by atoms with Crippen molar-refractivity contribution in [2.45, 2.75) is 37.3 Å². The van der Waals surface area contributed by atoms with Crippen LogP contribution in [0.5, 0.6) is 0 Å². The summed E-state index contributed by atoms with van der Waals surface area (Å²) in [5.41, 5.74) is 0.888. The Kier molecular flexibility index (Phi) is 3.12. The van der Waals surface area contributed by atoms with Gasteiger partial charge in [-0.3, -0.25) is 0 Å². The molecule has 2 fully saturated rings. The molecule has 92 valence electrons. The summed E-state index contributed by atoms with van der Waals surface area (Å²) in [4.78, 5) is 0. The van der Waals surface area contributed by atoms with E-state index in [0.717, 1.165) is 25.1 Å². The van der Waals surface area contributed by atoms with Crippen LogP contribution in [0.15, 0.2) is 24.3 Å². The van der Waals surface area contributed by atoms with E-state index in [2.05, 4.69) is 10.6 Å². The van der Waals surface area contributed by atoms with Crippen molar-refractivity contribution >= 4 is 0 Å². The molecule has 0 spiro atoms. The van der Waals surface area contributed by atoms with Gasteiger partial charge in [-0.1, -0.05) is 18.2 Å². The molecule has 1 aromatic carbocycles. The third kappa shape index (κ3) is 2.50. The fourth-order valence-corrected chi connectivity index (χ4v) is 2.79. The van der Waals surface area contributed by atoms with E-state index in [-0.39, 0.29) is 5.82 Å². The summed E-state index contributed by atoms with van der Waals surface area (Å²) in [5, 5.41) is 7.02. The molecule has 0 aromatic heterocycles. The summed E-state index contributed by atoms with van der Waals surface area (Å²) in [5.74, 6) is 0.346. The Labute approximate surface area is 102 Å². The number of halogens is 1. The van der Waals surface area contributed by atoms with Crippen LogP contribution in [0.25, 0.3) is 0 Å². The van der Waals surface area contributed by atoms with Gasteiger partial charge in [0, 0.05) is 18.0 Å². The van der Waals surface area contributed by atoms with E-state index >= 15 is 0 Å². The third-order valence-corrected chi connectivity index (χ3v) is 3.88. The van der Waals surface area contributed by atoms with Crippen molar-refractivity contribution in [1.29, 1.82) is 0 Å². The molecule has 1 aliphatic carbocycles. The van der Waals surface area contributed by atoms with Crippen LogP contribution < -0.4 is 10.6 Å². The van der Waals surface area contributed by atoms with Crippen molar-refractivity contribution in [1.82, 2.24) is 10.6 Å². The fourth-order valence-electron chi connectivity index (χ4n) is 2.79. The highest BCUT2D eigenvalue weighted by molar-refractivity contribution is 5.29. The quantitative estimate of drug-likeness (QED) is 0.836. The van der Waals surface area contributed by atoms with Gasteiger partial charge in [-0.15, -0.1) is 0 Å². The average molecular weight is 234 g/mol. The minimum atomic E-state index is -0.0490. The number of rotatable bonds is 3. The molecular formula is C14H19FN2. The number of benzene rings is 1. The second-order valence-corrected chi connectivity index (χ2v) is 5.16. The first kappa shape index (κ1) is 11.2. The van der Waals surface area contributed by atoms with E-state index in [1.165, 1.54) is 12.8 Å². The lowest BCUT2D eigenvalue weighted by molar-refractivity contribution is 0.383. The lowest BCUT2D eigenvalue weighted by Crippen LogP contribution is -2.41. The van der Waals surface area contributed by atoms with Gasteiger partial charge in [-0.05, 0) is 44.0 Å². The SMILES string of the molecule is Fc1ccccc1[C@H]1C[C@@H]1NC1CCNCC1. The van der Waals surface area contributed by atoms with Gasteiger partial charge < -0.3 is 10.6 Å². The average Bonchev–Trinajstić information content (AvgIpc) is 3.10. The highest BCUT2D eigenvalue weighted by Crippen LogP contribution is 2.42. The van der Waals surface area contributed by atoms with Gasteiger partial charge in [0.25, 0.3) is 0 Å². The van der Waals surface area contributed by atoms with E-state index in [1.54, 1.807) is 12.1 Å². The summed E-state index contributed by atoms with van der Waals surface area (Å²) in [7, 11) is 0. The van der Waals surface area contributed by atoms with Gasteiger partial charge >= 0.3 is 0 Å². The van der Waals surface area contributed by atoms with Crippen molar-refractivity contribution in [3.05, 3.63) is 35.6 Å². The molecule has 1 saturated carbocycles. The molecule has 1 aromatic rings. The van der Waals surface area contributed by atoms with Crippen LogP contribution in [0.3, 0.4) is 0 Å². The fraction of sp³-hybridized carbons (Fsp3) is 0.571. The van der Waals surface area contributed by atoms with Crippen LogP contribution in [-0.4, -0.2) is 25.2 Å². The number of hydrogen-bond acceptors (Lipinski definition) is 2. The van der Waals surface area contributed by atoms with Gasteiger partial charge in [0.15, 0.2) is 0 Å². The smallest absolute Gasteiger partial charge is 0.126 e. The largest absolute Gasteiger partial charge is 0.317 e. The zero-order valence-corrected chi connectivity index (χ0v) is 9.95. The topological polar surface area (TPSA) is 24.1 Å². The number of hydrogen-bond donors (Lipinski definition) is 2. The van der Waals surface area contributed by atoms with E-state index in [4.69, 9.17) is 0 Å². The molecule has 3 rings (SSSR count). The summed E-state index contributed by atoms with van der Waals surface area (Å²) in [6, 6.07) is 8.29. The standard InChI is InChI=1S/C14H19FN2/c15-13-4-2-1-3-11(13)12-9-14(12)17-10-5-7-16-8-6-10/h1-4,10,12,14,16-17H,5-9H2/t12-,14+/m1/s1. The Morgan fingerprint density at radius 2 is 1.94 bits per heavy atom. The van der Waals surface area contributed by atoms with Crippen molar-refractivity contribution < 1.29 is 4.39 Å². The normalized spacial score (nSPS) is 29.2. The molecule has 2 nitrogen and oxygen atoms in total. The maximum absolute atomic E-state index is 13.6. The van der Waals surface area contributed by atoms with Crippen molar-refractivity contribution in [3.63, 3.8) is 0 Å². The van der Waals surface area contributed by atoms with Gasteiger partial charge in [0.05, 0.1) is 0 Å².